The molecular formula is C13H20O3. The van der Waals surface area contributed by atoms with Gasteiger partial charge in [-0.1, -0.05) is 25.5 Å². The Balaban J connectivity index is 1.89. The van der Waals surface area contributed by atoms with Crippen molar-refractivity contribution in [2.45, 2.75) is 39.9 Å². The lowest BCUT2D eigenvalue weighted by atomic mass is 9.76. The van der Waals surface area contributed by atoms with Gasteiger partial charge < -0.3 is 9.47 Å². The van der Waals surface area contributed by atoms with Crippen molar-refractivity contribution in [1.29, 1.82) is 0 Å². The van der Waals surface area contributed by atoms with E-state index in [1.54, 1.807) is 0 Å². The third kappa shape index (κ3) is 2.20. The summed E-state index contributed by atoms with van der Waals surface area (Å²) in [5.74, 6) is 0.599. The molecule has 1 aliphatic carbocycles. The van der Waals surface area contributed by atoms with Gasteiger partial charge in [-0.2, -0.15) is 0 Å². The Bertz CT molecular complexity index is 307. The SMILES string of the molecule is CC1=CCC(CC2OCC(=O)CO2)C1(C)C. The van der Waals surface area contributed by atoms with Crippen LogP contribution in [0.4, 0.5) is 0 Å². The van der Waals surface area contributed by atoms with E-state index in [4.69, 9.17) is 9.47 Å². The lowest BCUT2D eigenvalue weighted by molar-refractivity contribution is -0.192. The summed E-state index contributed by atoms with van der Waals surface area (Å²) < 4.78 is 10.8. The van der Waals surface area contributed by atoms with Crippen molar-refractivity contribution < 1.29 is 14.3 Å². The van der Waals surface area contributed by atoms with Crippen molar-refractivity contribution in [2.75, 3.05) is 13.2 Å². The molecule has 16 heavy (non-hydrogen) atoms. The summed E-state index contributed by atoms with van der Waals surface area (Å²) in [5, 5.41) is 0. The van der Waals surface area contributed by atoms with Gasteiger partial charge in [-0.3, -0.25) is 4.79 Å². The Kier molecular flexibility index (Phi) is 3.17. The third-order valence-corrected chi connectivity index (χ3v) is 4.08. The van der Waals surface area contributed by atoms with Crippen LogP contribution in [0.25, 0.3) is 0 Å². The van der Waals surface area contributed by atoms with E-state index in [1.165, 1.54) is 5.57 Å². The summed E-state index contributed by atoms with van der Waals surface area (Å²) >= 11 is 0. The molecule has 0 aromatic rings. The van der Waals surface area contributed by atoms with E-state index in [2.05, 4.69) is 26.8 Å². The van der Waals surface area contributed by atoms with Gasteiger partial charge in [-0.15, -0.1) is 0 Å². The maximum absolute atomic E-state index is 11.0. The second-order valence-electron chi connectivity index (χ2n) is 5.37. The molecule has 0 saturated carbocycles. The predicted molar refractivity (Wildman–Crippen MR) is 61.0 cm³/mol. The average Bonchev–Trinajstić information content (AvgIpc) is 2.48. The molecule has 1 saturated heterocycles. The normalized spacial score (nSPS) is 30.6. The quantitative estimate of drug-likeness (QED) is 0.675. The molecule has 1 atom stereocenters. The van der Waals surface area contributed by atoms with Crippen molar-refractivity contribution in [3.63, 3.8) is 0 Å². The highest BCUT2D eigenvalue weighted by Gasteiger charge is 2.37. The molecule has 0 aromatic heterocycles. The molecule has 1 fully saturated rings. The molecule has 2 rings (SSSR count). The molecule has 0 N–H and O–H groups in total. The van der Waals surface area contributed by atoms with Crippen LogP contribution in [-0.4, -0.2) is 25.3 Å². The van der Waals surface area contributed by atoms with Crippen molar-refractivity contribution >= 4 is 5.78 Å². The first kappa shape index (κ1) is 11.8. The topological polar surface area (TPSA) is 35.5 Å². The van der Waals surface area contributed by atoms with Crippen LogP contribution in [0.5, 0.6) is 0 Å². The van der Waals surface area contributed by atoms with Gasteiger partial charge >= 0.3 is 0 Å². The van der Waals surface area contributed by atoms with Gasteiger partial charge in [-0.25, -0.2) is 0 Å². The van der Waals surface area contributed by atoms with Crippen LogP contribution in [0.1, 0.15) is 33.6 Å². The number of hydrogen-bond donors (Lipinski definition) is 0. The Hall–Kier alpha value is -0.670. The number of ether oxygens (including phenoxy) is 2. The first-order valence-corrected chi connectivity index (χ1v) is 5.92. The number of hydrogen-bond acceptors (Lipinski definition) is 3. The highest BCUT2D eigenvalue weighted by atomic mass is 16.7. The molecule has 0 radical (unpaired) electrons. The molecular weight excluding hydrogens is 204 g/mol. The Labute approximate surface area is 96.8 Å². The zero-order valence-electron chi connectivity index (χ0n) is 10.3. The third-order valence-electron chi connectivity index (χ3n) is 4.08. The Morgan fingerprint density at radius 2 is 2.00 bits per heavy atom. The summed E-state index contributed by atoms with van der Waals surface area (Å²) in [6, 6.07) is 0. The molecule has 3 heteroatoms. The molecule has 0 aromatic carbocycles. The van der Waals surface area contributed by atoms with Gasteiger partial charge in [0.15, 0.2) is 12.1 Å². The first-order chi connectivity index (χ1) is 7.50. The molecule has 1 aliphatic heterocycles. The molecule has 0 bridgehead atoms. The Morgan fingerprint density at radius 3 is 2.50 bits per heavy atom. The van der Waals surface area contributed by atoms with E-state index >= 15 is 0 Å². The van der Waals surface area contributed by atoms with Gasteiger partial charge in [0, 0.05) is 6.42 Å². The minimum atomic E-state index is -0.193. The van der Waals surface area contributed by atoms with Gasteiger partial charge in [0.05, 0.1) is 0 Å². The number of carbonyl (C=O) groups excluding carboxylic acids is 1. The molecule has 3 nitrogen and oxygen atoms in total. The molecule has 1 heterocycles. The van der Waals surface area contributed by atoms with Crippen molar-refractivity contribution in [2.24, 2.45) is 11.3 Å². The highest BCUT2D eigenvalue weighted by molar-refractivity contribution is 5.81. The standard InChI is InChI=1S/C13H20O3/c1-9-4-5-10(13(9,2)3)6-12-15-7-11(14)8-16-12/h4,10,12H,5-8H2,1-3H3. The van der Waals surface area contributed by atoms with Crippen molar-refractivity contribution in [3.05, 3.63) is 11.6 Å². The zero-order valence-corrected chi connectivity index (χ0v) is 10.3. The summed E-state index contributed by atoms with van der Waals surface area (Å²) in [6.07, 6.45) is 4.09. The van der Waals surface area contributed by atoms with E-state index in [0.717, 1.165) is 12.8 Å². The van der Waals surface area contributed by atoms with Crippen LogP contribution < -0.4 is 0 Å². The lowest BCUT2D eigenvalue weighted by Crippen LogP contribution is -2.35. The minimum Gasteiger partial charge on any atom is -0.345 e. The molecule has 90 valence electrons. The second kappa shape index (κ2) is 4.30. The fraction of sp³-hybridized carbons (Fsp3) is 0.769. The monoisotopic (exact) mass is 224 g/mol. The molecule has 1 unspecified atom stereocenters. The predicted octanol–water partition coefficient (Wildman–Crippen LogP) is 2.31. The van der Waals surface area contributed by atoms with E-state index in [0.29, 0.717) is 5.92 Å². The minimum absolute atomic E-state index is 0.0382. The summed E-state index contributed by atoms with van der Waals surface area (Å²) in [6.45, 7) is 7.15. The first-order valence-electron chi connectivity index (χ1n) is 5.92. The maximum atomic E-state index is 11.0. The zero-order chi connectivity index (χ0) is 11.8. The fourth-order valence-corrected chi connectivity index (χ4v) is 2.42. The van der Waals surface area contributed by atoms with Gasteiger partial charge in [0.2, 0.25) is 0 Å². The van der Waals surface area contributed by atoms with Gasteiger partial charge in [0.1, 0.15) is 13.2 Å². The van der Waals surface area contributed by atoms with E-state index < -0.39 is 0 Å². The Morgan fingerprint density at radius 1 is 1.38 bits per heavy atom. The fourth-order valence-electron chi connectivity index (χ4n) is 2.42. The maximum Gasteiger partial charge on any atom is 0.184 e. The molecule has 2 aliphatic rings. The second-order valence-corrected chi connectivity index (χ2v) is 5.37. The summed E-state index contributed by atoms with van der Waals surface area (Å²) in [5.41, 5.74) is 1.68. The van der Waals surface area contributed by atoms with Crippen molar-refractivity contribution in [1.82, 2.24) is 0 Å². The molecule has 0 spiro atoms. The summed E-state index contributed by atoms with van der Waals surface area (Å²) in [7, 11) is 0. The smallest absolute Gasteiger partial charge is 0.184 e. The van der Waals surface area contributed by atoms with E-state index in [1.807, 2.05) is 0 Å². The largest absolute Gasteiger partial charge is 0.345 e. The lowest BCUT2D eigenvalue weighted by Gasteiger charge is -2.33. The average molecular weight is 224 g/mol. The number of carbonyl (C=O) groups is 1. The number of ketones is 1. The number of rotatable bonds is 2. The van der Waals surface area contributed by atoms with Crippen molar-refractivity contribution in [3.8, 4) is 0 Å². The number of allylic oxidation sites excluding steroid dienone is 2. The van der Waals surface area contributed by atoms with Crippen LogP contribution in [-0.2, 0) is 14.3 Å². The van der Waals surface area contributed by atoms with E-state index in [9.17, 15) is 4.79 Å². The van der Waals surface area contributed by atoms with Crippen LogP contribution in [0, 0.1) is 11.3 Å². The van der Waals surface area contributed by atoms with E-state index in [-0.39, 0.29) is 30.7 Å². The van der Waals surface area contributed by atoms with Crippen LogP contribution in [0.15, 0.2) is 11.6 Å². The summed E-state index contributed by atoms with van der Waals surface area (Å²) in [4.78, 5) is 11.0. The van der Waals surface area contributed by atoms with Gasteiger partial charge in [0.25, 0.3) is 0 Å². The van der Waals surface area contributed by atoms with Gasteiger partial charge in [-0.05, 0) is 24.7 Å². The highest BCUT2D eigenvalue weighted by Crippen LogP contribution is 2.45. The number of Topliss-reactive ketones (excluding diaryl/α,β-unsaturated/α-hetero) is 1. The van der Waals surface area contributed by atoms with Crippen LogP contribution in [0.3, 0.4) is 0 Å². The van der Waals surface area contributed by atoms with Crippen LogP contribution in [0.2, 0.25) is 0 Å². The molecule has 0 amide bonds. The van der Waals surface area contributed by atoms with Crippen LogP contribution >= 0.6 is 0 Å².